The van der Waals surface area contributed by atoms with Crippen LogP contribution < -0.4 is 10.5 Å². The van der Waals surface area contributed by atoms with E-state index in [1.165, 1.54) is 5.56 Å². The standard InChI is InChI=1S/C22H22N4O/c1-14(12-23)15-6-5-7-16(10-15)17-11-19-21(25-26-22(19)24-13-17)18-8-3-4-9-20(18)27-2/h3-11,13-14H,12,23H2,1-2H3,(H,24,25,26). The number of hydrogen-bond acceptors (Lipinski definition) is 4. The van der Waals surface area contributed by atoms with E-state index in [2.05, 4.69) is 52.4 Å². The van der Waals surface area contributed by atoms with Gasteiger partial charge in [-0.05, 0) is 41.8 Å². The van der Waals surface area contributed by atoms with Gasteiger partial charge in [0.05, 0.1) is 12.8 Å². The van der Waals surface area contributed by atoms with Gasteiger partial charge >= 0.3 is 0 Å². The lowest BCUT2D eigenvalue weighted by molar-refractivity contribution is 0.416. The van der Waals surface area contributed by atoms with Crippen molar-refractivity contribution >= 4 is 11.0 Å². The molecule has 3 N–H and O–H groups in total. The van der Waals surface area contributed by atoms with Crippen molar-refractivity contribution in [3.05, 3.63) is 66.4 Å². The molecule has 5 heteroatoms. The lowest BCUT2D eigenvalue weighted by Gasteiger charge is -2.11. The molecule has 0 aliphatic heterocycles. The van der Waals surface area contributed by atoms with E-state index >= 15 is 0 Å². The summed E-state index contributed by atoms with van der Waals surface area (Å²) in [6.45, 7) is 2.76. The summed E-state index contributed by atoms with van der Waals surface area (Å²) in [7, 11) is 1.67. The van der Waals surface area contributed by atoms with Crippen molar-refractivity contribution in [1.82, 2.24) is 15.2 Å². The van der Waals surface area contributed by atoms with Crippen molar-refractivity contribution in [1.29, 1.82) is 0 Å². The number of nitrogens with zero attached hydrogens (tertiary/aromatic N) is 2. The number of rotatable bonds is 5. The van der Waals surface area contributed by atoms with E-state index in [0.29, 0.717) is 18.1 Å². The Labute approximate surface area is 158 Å². The lowest BCUT2D eigenvalue weighted by Crippen LogP contribution is -2.08. The van der Waals surface area contributed by atoms with Crippen molar-refractivity contribution in [2.75, 3.05) is 13.7 Å². The maximum absolute atomic E-state index is 5.83. The zero-order valence-corrected chi connectivity index (χ0v) is 15.4. The average molecular weight is 358 g/mol. The fraction of sp³-hybridized carbons (Fsp3) is 0.182. The molecule has 5 nitrogen and oxygen atoms in total. The molecule has 0 amide bonds. The number of ether oxygens (including phenoxy) is 1. The Morgan fingerprint density at radius 3 is 2.74 bits per heavy atom. The molecular formula is C22H22N4O. The van der Waals surface area contributed by atoms with E-state index in [4.69, 9.17) is 10.5 Å². The first-order chi connectivity index (χ1) is 13.2. The number of aromatic amines is 1. The van der Waals surface area contributed by atoms with Gasteiger partial charge in [-0.25, -0.2) is 4.98 Å². The highest BCUT2D eigenvalue weighted by atomic mass is 16.5. The van der Waals surface area contributed by atoms with Crippen LogP contribution in [0.5, 0.6) is 5.75 Å². The Hall–Kier alpha value is -3.18. The van der Waals surface area contributed by atoms with Crippen LogP contribution in [0.2, 0.25) is 0 Å². The molecule has 0 fully saturated rings. The van der Waals surface area contributed by atoms with Crippen molar-refractivity contribution < 1.29 is 4.74 Å². The van der Waals surface area contributed by atoms with Crippen molar-refractivity contribution in [3.8, 4) is 28.1 Å². The Balaban J connectivity index is 1.84. The van der Waals surface area contributed by atoms with Crippen LogP contribution in [0.1, 0.15) is 18.4 Å². The monoisotopic (exact) mass is 358 g/mol. The maximum atomic E-state index is 5.83. The molecule has 1 unspecified atom stereocenters. The Bertz CT molecular complexity index is 1090. The number of methoxy groups -OCH3 is 1. The second kappa shape index (κ2) is 7.21. The maximum Gasteiger partial charge on any atom is 0.181 e. The summed E-state index contributed by atoms with van der Waals surface area (Å²) in [6.07, 6.45) is 1.86. The third kappa shape index (κ3) is 3.17. The number of H-pyrrole nitrogens is 1. The van der Waals surface area contributed by atoms with E-state index in [-0.39, 0.29) is 0 Å². The highest BCUT2D eigenvalue weighted by Gasteiger charge is 2.14. The van der Waals surface area contributed by atoms with Crippen LogP contribution in [-0.4, -0.2) is 28.8 Å². The van der Waals surface area contributed by atoms with Gasteiger partial charge in [-0.3, -0.25) is 5.10 Å². The zero-order valence-electron chi connectivity index (χ0n) is 15.4. The summed E-state index contributed by atoms with van der Waals surface area (Å²) in [4.78, 5) is 4.55. The zero-order chi connectivity index (χ0) is 18.8. The van der Waals surface area contributed by atoms with Crippen LogP contribution in [0.25, 0.3) is 33.4 Å². The molecule has 0 saturated heterocycles. The number of nitrogens with two attached hydrogens (primary N) is 1. The molecule has 0 radical (unpaired) electrons. The lowest BCUT2D eigenvalue weighted by atomic mass is 9.96. The molecule has 0 saturated carbocycles. The van der Waals surface area contributed by atoms with E-state index < -0.39 is 0 Å². The largest absolute Gasteiger partial charge is 0.496 e. The van der Waals surface area contributed by atoms with Crippen molar-refractivity contribution in [2.45, 2.75) is 12.8 Å². The van der Waals surface area contributed by atoms with Crippen LogP contribution in [0.15, 0.2) is 60.8 Å². The molecule has 4 rings (SSSR count). The third-order valence-electron chi connectivity index (χ3n) is 4.93. The van der Waals surface area contributed by atoms with E-state index in [9.17, 15) is 0 Å². The first-order valence-electron chi connectivity index (χ1n) is 8.99. The highest BCUT2D eigenvalue weighted by molar-refractivity contribution is 5.94. The Kier molecular flexibility index (Phi) is 4.60. The Morgan fingerprint density at radius 2 is 1.93 bits per heavy atom. The molecule has 2 aromatic carbocycles. The number of benzene rings is 2. The van der Waals surface area contributed by atoms with E-state index in [0.717, 1.165) is 33.5 Å². The number of aromatic nitrogens is 3. The minimum atomic E-state index is 0.319. The van der Waals surface area contributed by atoms with E-state index in [1.807, 2.05) is 30.5 Å². The molecule has 27 heavy (non-hydrogen) atoms. The minimum Gasteiger partial charge on any atom is -0.496 e. The average Bonchev–Trinajstić information content (AvgIpc) is 3.16. The van der Waals surface area contributed by atoms with Gasteiger partial charge < -0.3 is 10.5 Å². The van der Waals surface area contributed by atoms with Gasteiger partial charge in [-0.15, -0.1) is 0 Å². The molecule has 0 bridgehead atoms. The Morgan fingerprint density at radius 1 is 1.07 bits per heavy atom. The summed E-state index contributed by atoms with van der Waals surface area (Å²) in [6, 6.07) is 18.5. The number of fused-ring (bicyclic) bond motifs is 1. The fourth-order valence-electron chi connectivity index (χ4n) is 3.27. The molecule has 2 aromatic heterocycles. The normalized spacial score (nSPS) is 12.3. The minimum absolute atomic E-state index is 0.319. The first kappa shape index (κ1) is 17.2. The molecule has 1 atom stereocenters. The SMILES string of the molecule is COc1ccccc1-c1[nH]nc2ncc(-c3cccc(C(C)CN)c3)cc12. The number of hydrogen-bond donors (Lipinski definition) is 2. The van der Waals surface area contributed by atoms with Gasteiger partial charge in [0, 0.05) is 22.7 Å². The molecule has 136 valence electrons. The fourth-order valence-corrected chi connectivity index (χ4v) is 3.27. The number of nitrogens with one attached hydrogen (secondary N) is 1. The molecule has 2 heterocycles. The second-order valence-electron chi connectivity index (χ2n) is 6.66. The van der Waals surface area contributed by atoms with Gasteiger partial charge in [0.15, 0.2) is 5.65 Å². The van der Waals surface area contributed by atoms with Crippen molar-refractivity contribution in [2.24, 2.45) is 5.73 Å². The molecule has 0 aliphatic rings. The van der Waals surface area contributed by atoms with Crippen molar-refractivity contribution in [3.63, 3.8) is 0 Å². The summed E-state index contributed by atoms with van der Waals surface area (Å²) in [5, 5.41) is 8.44. The molecule has 0 aliphatic carbocycles. The first-order valence-corrected chi connectivity index (χ1v) is 8.99. The summed E-state index contributed by atoms with van der Waals surface area (Å²) < 4.78 is 5.51. The predicted octanol–water partition coefficient (Wildman–Crippen LogP) is 4.36. The van der Waals surface area contributed by atoms with Gasteiger partial charge in [0.2, 0.25) is 0 Å². The molecule has 4 aromatic rings. The van der Waals surface area contributed by atoms with E-state index in [1.54, 1.807) is 7.11 Å². The van der Waals surface area contributed by atoms with Gasteiger partial charge in [0.1, 0.15) is 5.75 Å². The number of pyridine rings is 1. The predicted molar refractivity (Wildman–Crippen MR) is 109 cm³/mol. The van der Waals surface area contributed by atoms with Crippen LogP contribution in [-0.2, 0) is 0 Å². The van der Waals surface area contributed by atoms with Gasteiger partial charge in [0.25, 0.3) is 0 Å². The van der Waals surface area contributed by atoms with Gasteiger partial charge in [-0.2, -0.15) is 5.10 Å². The molecular weight excluding hydrogens is 336 g/mol. The quantitative estimate of drug-likeness (QED) is 0.556. The summed E-state index contributed by atoms with van der Waals surface area (Å²) >= 11 is 0. The number of para-hydroxylation sites is 1. The van der Waals surface area contributed by atoms with Crippen LogP contribution in [0.4, 0.5) is 0 Å². The van der Waals surface area contributed by atoms with Gasteiger partial charge in [-0.1, -0.05) is 43.3 Å². The van der Waals surface area contributed by atoms with Crippen LogP contribution in [0, 0.1) is 0 Å². The third-order valence-corrected chi connectivity index (χ3v) is 4.93. The van der Waals surface area contributed by atoms with Crippen LogP contribution in [0.3, 0.4) is 0 Å². The topological polar surface area (TPSA) is 76.8 Å². The van der Waals surface area contributed by atoms with Crippen LogP contribution >= 0.6 is 0 Å². The second-order valence-corrected chi connectivity index (χ2v) is 6.66. The molecule has 0 spiro atoms. The highest BCUT2D eigenvalue weighted by Crippen LogP contribution is 2.34. The summed E-state index contributed by atoms with van der Waals surface area (Å²) in [5.74, 6) is 1.12. The smallest absolute Gasteiger partial charge is 0.181 e. The summed E-state index contributed by atoms with van der Waals surface area (Å²) in [5.41, 5.74) is 11.8.